The van der Waals surface area contributed by atoms with Gasteiger partial charge in [-0.25, -0.2) is 13.6 Å². The highest BCUT2D eigenvalue weighted by Crippen LogP contribution is 2.22. The van der Waals surface area contributed by atoms with E-state index in [1.807, 2.05) is 0 Å². The van der Waals surface area contributed by atoms with Gasteiger partial charge in [0.05, 0.1) is 6.04 Å². The van der Waals surface area contributed by atoms with Crippen LogP contribution in [0, 0.1) is 11.6 Å². The van der Waals surface area contributed by atoms with Crippen LogP contribution in [0.2, 0.25) is 0 Å². The standard InChI is InChI=1S/C13H15F2NO4/c1-8(10-5-9(14)3-4-11(10)15)16(2)12(17)6-20-7-13(18)19/h3-5,8H,6-7H2,1-2H3,(H,18,19). The molecule has 1 unspecified atom stereocenters. The summed E-state index contributed by atoms with van der Waals surface area (Å²) in [4.78, 5) is 23.1. The SMILES string of the molecule is CC(c1cc(F)ccc1F)N(C)C(=O)COCC(=O)O. The van der Waals surface area contributed by atoms with Crippen molar-refractivity contribution in [3.8, 4) is 0 Å². The minimum Gasteiger partial charge on any atom is -0.480 e. The van der Waals surface area contributed by atoms with Crippen LogP contribution >= 0.6 is 0 Å². The van der Waals surface area contributed by atoms with Crippen LogP contribution < -0.4 is 0 Å². The van der Waals surface area contributed by atoms with Gasteiger partial charge < -0.3 is 14.7 Å². The molecule has 1 rings (SSSR count). The zero-order valence-corrected chi connectivity index (χ0v) is 11.1. The van der Waals surface area contributed by atoms with Crippen LogP contribution in [0.15, 0.2) is 18.2 Å². The first-order chi connectivity index (χ1) is 9.32. The fourth-order valence-electron chi connectivity index (χ4n) is 1.59. The molecule has 0 saturated heterocycles. The van der Waals surface area contributed by atoms with Gasteiger partial charge in [-0.1, -0.05) is 0 Å². The van der Waals surface area contributed by atoms with Gasteiger partial charge in [-0.15, -0.1) is 0 Å². The monoisotopic (exact) mass is 287 g/mol. The second kappa shape index (κ2) is 6.95. The summed E-state index contributed by atoms with van der Waals surface area (Å²) in [6, 6.07) is 2.29. The van der Waals surface area contributed by atoms with Crippen LogP contribution in [0.5, 0.6) is 0 Å². The Morgan fingerprint density at radius 3 is 2.60 bits per heavy atom. The topological polar surface area (TPSA) is 66.8 Å². The molecule has 1 aromatic rings. The number of carboxylic acid groups (broad SMARTS) is 1. The summed E-state index contributed by atoms with van der Waals surface area (Å²) in [5.74, 6) is -2.94. The number of aliphatic carboxylic acids is 1. The Kier molecular flexibility index (Phi) is 5.57. The molecule has 0 heterocycles. The van der Waals surface area contributed by atoms with Crippen molar-refractivity contribution in [2.24, 2.45) is 0 Å². The molecule has 7 heteroatoms. The van der Waals surface area contributed by atoms with E-state index in [1.165, 1.54) is 18.9 Å². The second-order valence-corrected chi connectivity index (χ2v) is 4.23. The van der Waals surface area contributed by atoms with Crippen LogP contribution in [0.3, 0.4) is 0 Å². The number of carboxylic acids is 1. The first-order valence-electron chi connectivity index (χ1n) is 5.83. The Labute approximate surface area is 114 Å². The minimum atomic E-state index is -1.19. The highest BCUT2D eigenvalue weighted by Gasteiger charge is 2.21. The van der Waals surface area contributed by atoms with E-state index >= 15 is 0 Å². The first-order valence-corrected chi connectivity index (χ1v) is 5.83. The molecule has 5 nitrogen and oxygen atoms in total. The highest BCUT2D eigenvalue weighted by molar-refractivity contribution is 5.78. The van der Waals surface area contributed by atoms with Gasteiger partial charge >= 0.3 is 5.97 Å². The maximum Gasteiger partial charge on any atom is 0.329 e. The summed E-state index contributed by atoms with van der Waals surface area (Å²) < 4.78 is 31.4. The molecule has 0 saturated carbocycles. The Morgan fingerprint density at radius 2 is 2.00 bits per heavy atom. The number of nitrogens with zero attached hydrogens (tertiary/aromatic N) is 1. The molecule has 0 aliphatic carbocycles. The molecular formula is C13H15F2NO4. The molecule has 20 heavy (non-hydrogen) atoms. The smallest absolute Gasteiger partial charge is 0.329 e. The van der Waals surface area contributed by atoms with E-state index in [-0.39, 0.29) is 5.56 Å². The summed E-state index contributed by atoms with van der Waals surface area (Å²) in [7, 11) is 1.40. The third kappa shape index (κ3) is 4.27. The zero-order chi connectivity index (χ0) is 15.3. The lowest BCUT2D eigenvalue weighted by Crippen LogP contribution is -2.33. The third-order valence-electron chi connectivity index (χ3n) is 2.83. The number of hydrogen-bond acceptors (Lipinski definition) is 3. The van der Waals surface area contributed by atoms with Crippen LogP contribution in [-0.2, 0) is 14.3 Å². The first kappa shape index (κ1) is 16.0. The maximum absolute atomic E-state index is 13.6. The van der Waals surface area contributed by atoms with Crippen molar-refractivity contribution in [3.05, 3.63) is 35.4 Å². The molecule has 1 aromatic carbocycles. The number of halogens is 2. The quantitative estimate of drug-likeness (QED) is 0.862. The lowest BCUT2D eigenvalue weighted by atomic mass is 10.1. The summed E-state index contributed by atoms with van der Waals surface area (Å²) in [5, 5.41) is 8.38. The molecule has 1 N–H and O–H groups in total. The third-order valence-corrected chi connectivity index (χ3v) is 2.83. The van der Waals surface area contributed by atoms with Gasteiger partial charge in [-0.2, -0.15) is 0 Å². The maximum atomic E-state index is 13.6. The van der Waals surface area contributed by atoms with Crippen molar-refractivity contribution in [1.29, 1.82) is 0 Å². The fraction of sp³-hybridized carbons (Fsp3) is 0.385. The van der Waals surface area contributed by atoms with Crippen LogP contribution in [0.4, 0.5) is 8.78 Å². The molecular weight excluding hydrogens is 272 g/mol. The van der Waals surface area contributed by atoms with Gasteiger partial charge in [0, 0.05) is 12.6 Å². The Balaban J connectivity index is 2.70. The van der Waals surface area contributed by atoms with Gasteiger partial charge in [0.25, 0.3) is 0 Å². The summed E-state index contributed by atoms with van der Waals surface area (Å²) in [6.07, 6.45) is 0. The lowest BCUT2D eigenvalue weighted by molar-refractivity contribution is -0.146. The highest BCUT2D eigenvalue weighted by atomic mass is 19.1. The summed E-state index contributed by atoms with van der Waals surface area (Å²) in [5.41, 5.74) is 0.0408. The van der Waals surface area contributed by atoms with Gasteiger partial charge in [-0.05, 0) is 25.1 Å². The molecule has 0 radical (unpaired) electrons. The normalized spacial score (nSPS) is 12.0. The van der Waals surface area contributed by atoms with Crippen LogP contribution in [0.25, 0.3) is 0 Å². The van der Waals surface area contributed by atoms with Gasteiger partial charge in [-0.3, -0.25) is 4.79 Å². The average Bonchev–Trinajstić information content (AvgIpc) is 2.39. The second-order valence-electron chi connectivity index (χ2n) is 4.23. The number of likely N-dealkylation sites (N-methyl/N-ethyl adjacent to an activating group) is 1. The predicted molar refractivity (Wildman–Crippen MR) is 66.0 cm³/mol. The lowest BCUT2D eigenvalue weighted by Gasteiger charge is -2.25. The summed E-state index contributed by atoms with van der Waals surface area (Å²) in [6.45, 7) is 0.499. The fourth-order valence-corrected chi connectivity index (χ4v) is 1.59. The number of ether oxygens (including phenoxy) is 1. The Morgan fingerprint density at radius 1 is 1.35 bits per heavy atom. The van der Waals surface area contributed by atoms with Crippen molar-refractivity contribution < 1.29 is 28.2 Å². The minimum absolute atomic E-state index is 0.0408. The molecule has 0 aliphatic heterocycles. The predicted octanol–water partition coefficient (Wildman–Crippen LogP) is 1.59. The van der Waals surface area contributed by atoms with Crippen molar-refractivity contribution in [2.75, 3.05) is 20.3 Å². The Hall–Kier alpha value is -2.02. The average molecular weight is 287 g/mol. The van der Waals surface area contributed by atoms with E-state index in [4.69, 9.17) is 5.11 Å². The van der Waals surface area contributed by atoms with Gasteiger partial charge in [0.15, 0.2) is 0 Å². The van der Waals surface area contributed by atoms with Gasteiger partial charge in [0.1, 0.15) is 24.8 Å². The van der Waals surface area contributed by atoms with E-state index in [1.54, 1.807) is 0 Å². The Bertz CT molecular complexity index is 507. The number of hydrogen-bond donors (Lipinski definition) is 1. The number of rotatable bonds is 6. The molecule has 1 atom stereocenters. The number of carbonyl (C=O) groups excluding carboxylic acids is 1. The van der Waals surface area contributed by atoms with Crippen molar-refractivity contribution in [2.45, 2.75) is 13.0 Å². The van der Waals surface area contributed by atoms with E-state index < -0.39 is 42.8 Å². The van der Waals surface area contributed by atoms with Crippen LogP contribution in [-0.4, -0.2) is 42.1 Å². The van der Waals surface area contributed by atoms with Crippen LogP contribution in [0.1, 0.15) is 18.5 Å². The number of carbonyl (C=O) groups is 2. The number of benzene rings is 1. The molecule has 110 valence electrons. The largest absolute Gasteiger partial charge is 0.480 e. The van der Waals surface area contributed by atoms with E-state index in [9.17, 15) is 18.4 Å². The van der Waals surface area contributed by atoms with Crippen molar-refractivity contribution >= 4 is 11.9 Å². The molecule has 0 spiro atoms. The van der Waals surface area contributed by atoms with Gasteiger partial charge in [0.2, 0.25) is 5.91 Å². The molecule has 1 amide bonds. The van der Waals surface area contributed by atoms with E-state index in [0.29, 0.717) is 0 Å². The zero-order valence-electron chi connectivity index (χ0n) is 11.1. The molecule has 0 aromatic heterocycles. The summed E-state index contributed by atoms with van der Waals surface area (Å²) >= 11 is 0. The van der Waals surface area contributed by atoms with Crippen molar-refractivity contribution in [1.82, 2.24) is 4.90 Å². The van der Waals surface area contributed by atoms with Crippen molar-refractivity contribution in [3.63, 3.8) is 0 Å². The van der Waals surface area contributed by atoms with E-state index in [0.717, 1.165) is 18.2 Å². The molecule has 0 fully saturated rings. The van der Waals surface area contributed by atoms with E-state index in [2.05, 4.69) is 4.74 Å². The molecule has 0 aliphatic rings. The number of amides is 1. The molecule has 0 bridgehead atoms.